The molecule has 0 spiro atoms. The van der Waals surface area contributed by atoms with Gasteiger partial charge < -0.3 is 10.5 Å². The van der Waals surface area contributed by atoms with Crippen molar-refractivity contribution in [1.29, 1.82) is 0 Å². The van der Waals surface area contributed by atoms with Gasteiger partial charge in [0.15, 0.2) is 0 Å². The molecular weight excluding hydrogens is 198 g/mol. The maximum Gasteiger partial charge on any atom is 0.122 e. The fourth-order valence-corrected chi connectivity index (χ4v) is 1.49. The van der Waals surface area contributed by atoms with E-state index in [2.05, 4.69) is 19.6 Å². The van der Waals surface area contributed by atoms with Crippen LogP contribution < -0.4 is 10.5 Å². The molecule has 1 aromatic rings. The van der Waals surface area contributed by atoms with Gasteiger partial charge in [-0.2, -0.15) is 0 Å². The lowest BCUT2D eigenvalue weighted by atomic mass is 10.0. The summed E-state index contributed by atoms with van der Waals surface area (Å²) in [4.78, 5) is 0. The highest BCUT2D eigenvalue weighted by Gasteiger charge is 2.06. The predicted octanol–water partition coefficient (Wildman–Crippen LogP) is 2.92. The van der Waals surface area contributed by atoms with E-state index in [1.54, 1.807) is 0 Å². The standard InChI is InChI=1S/C14H21NO/c1-3-5-10-16-14-9-7-6-8-12(14)11-13(15)4-2/h3,6-9,13H,1,4-5,10-11,15H2,2H3. The van der Waals surface area contributed by atoms with Crippen LogP contribution in [0.2, 0.25) is 0 Å². The molecule has 0 aliphatic carbocycles. The molecule has 0 aromatic heterocycles. The molecule has 1 aromatic carbocycles. The summed E-state index contributed by atoms with van der Waals surface area (Å²) >= 11 is 0. The van der Waals surface area contributed by atoms with Crippen LogP contribution in [0.4, 0.5) is 0 Å². The highest BCUT2D eigenvalue weighted by atomic mass is 16.5. The van der Waals surface area contributed by atoms with Crippen molar-refractivity contribution >= 4 is 0 Å². The van der Waals surface area contributed by atoms with E-state index < -0.39 is 0 Å². The van der Waals surface area contributed by atoms with Crippen LogP contribution in [0.25, 0.3) is 0 Å². The van der Waals surface area contributed by atoms with Gasteiger partial charge in [-0.1, -0.05) is 31.2 Å². The SMILES string of the molecule is C=CCCOc1ccccc1CC(N)CC. The lowest BCUT2D eigenvalue weighted by Gasteiger charge is -2.13. The van der Waals surface area contributed by atoms with Crippen molar-refractivity contribution in [2.45, 2.75) is 32.2 Å². The smallest absolute Gasteiger partial charge is 0.122 e. The fourth-order valence-electron chi connectivity index (χ4n) is 1.49. The Hall–Kier alpha value is -1.28. The van der Waals surface area contributed by atoms with E-state index >= 15 is 0 Å². The third kappa shape index (κ3) is 4.07. The molecule has 1 atom stereocenters. The van der Waals surface area contributed by atoms with Crippen molar-refractivity contribution in [3.63, 3.8) is 0 Å². The number of rotatable bonds is 7. The first-order valence-electron chi connectivity index (χ1n) is 5.85. The molecule has 0 saturated carbocycles. The second-order valence-electron chi connectivity index (χ2n) is 3.91. The molecule has 0 bridgehead atoms. The molecule has 0 amide bonds. The van der Waals surface area contributed by atoms with Gasteiger partial charge in [0.1, 0.15) is 5.75 Å². The van der Waals surface area contributed by atoms with Crippen LogP contribution >= 0.6 is 0 Å². The molecule has 16 heavy (non-hydrogen) atoms. The van der Waals surface area contributed by atoms with Gasteiger partial charge in [0.2, 0.25) is 0 Å². The van der Waals surface area contributed by atoms with E-state index in [4.69, 9.17) is 10.5 Å². The van der Waals surface area contributed by atoms with Gasteiger partial charge in [0.25, 0.3) is 0 Å². The molecule has 0 fully saturated rings. The first kappa shape index (κ1) is 12.8. The van der Waals surface area contributed by atoms with Crippen molar-refractivity contribution in [2.24, 2.45) is 5.73 Å². The molecule has 0 aliphatic heterocycles. The Kier molecular flexibility index (Phi) is 5.65. The third-order valence-corrected chi connectivity index (χ3v) is 2.56. The zero-order chi connectivity index (χ0) is 11.8. The molecule has 1 unspecified atom stereocenters. The van der Waals surface area contributed by atoms with Crippen molar-refractivity contribution in [3.05, 3.63) is 42.5 Å². The number of benzene rings is 1. The molecule has 2 N–H and O–H groups in total. The van der Waals surface area contributed by atoms with E-state index in [9.17, 15) is 0 Å². The van der Waals surface area contributed by atoms with Crippen molar-refractivity contribution in [1.82, 2.24) is 0 Å². The monoisotopic (exact) mass is 219 g/mol. The van der Waals surface area contributed by atoms with Gasteiger partial charge in [-0.3, -0.25) is 0 Å². The van der Waals surface area contributed by atoms with E-state index in [0.29, 0.717) is 6.61 Å². The summed E-state index contributed by atoms with van der Waals surface area (Å²) in [6.45, 7) is 6.46. The second-order valence-corrected chi connectivity index (χ2v) is 3.91. The fraction of sp³-hybridized carbons (Fsp3) is 0.429. The van der Waals surface area contributed by atoms with E-state index in [0.717, 1.165) is 25.0 Å². The van der Waals surface area contributed by atoms with Crippen LogP contribution in [-0.4, -0.2) is 12.6 Å². The van der Waals surface area contributed by atoms with Crippen LogP contribution in [0.5, 0.6) is 5.75 Å². The highest BCUT2D eigenvalue weighted by Crippen LogP contribution is 2.20. The minimum absolute atomic E-state index is 0.212. The normalized spacial score (nSPS) is 12.1. The molecule has 0 saturated heterocycles. The first-order valence-corrected chi connectivity index (χ1v) is 5.85. The highest BCUT2D eigenvalue weighted by molar-refractivity contribution is 5.33. The second kappa shape index (κ2) is 7.07. The summed E-state index contributed by atoms with van der Waals surface area (Å²) in [5.74, 6) is 0.952. The van der Waals surface area contributed by atoms with E-state index in [-0.39, 0.29) is 6.04 Å². The van der Waals surface area contributed by atoms with Crippen molar-refractivity contribution in [3.8, 4) is 5.75 Å². The molecule has 2 heteroatoms. The Labute approximate surface area is 98.1 Å². The Balaban J connectivity index is 2.63. The van der Waals surface area contributed by atoms with Crippen LogP contribution in [-0.2, 0) is 6.42 Å². The van der Waals surface area contributed by atoms with Crippen LogP contribution in [0, 0.1) is 0 Å². The number of hydrogen-bond donors (Lipinski definition) is 1. The maximum atomic E-state index is 5.96. The van der Waals surface area contributed by atoms with Crippen LogP contribution in [0.15, 0.2) is 36.9 Å². The molecule has 0 radical (unpaired) electrons. The summed E-state index contributed by atoms with van der Waals surface area (Å²) in [6.07, 6.45) is 4.59. The summed E-state index contributed by atoms with van der Waals surface area (Å²) < 4.78 is 5.70. The number of nitrogens with two attached hydrogens (primary N) is 1. The molecular formula is C14H21NO. The molecule has 2 nitrogen and oxygen atoms in total. The first-order chi connectivity index (χ1) is 7.77. The average Bonchev–Trinajstić information content (AvgIpc) is 2.31. The van der Waals surface area contributed by atoms with Crippen LogP contribution in [0.1, 0.15) is 25.3 Å². The number of para-hydroxylation sites is 1. The number of ether oxygens (including phenoxy) is 1. The predicted molar refractivity (Wildman–Crippen MR) is 68.7 cm³/mol. The molecule has 0 heterocycles. The van der Waals surface area contributed by atoms with Gasteiger partial charge in [-0.25, -0.2) is 0 Å². The Morgan fingerprint density at radius 1 is 1.44 bits per heavy atom. The quantitative estimate of drug-likeness (QED) is 0.565. The summed E-state index contributed by atoms with van der Waals surface area (Å²) in [5, 5.41) is 0. The number of hydrogen-bond acceptors (Lipinski definition) is 2. The Morgan fingerprint density at radius 3 is 2.88 bits per heavy atom. The van der Waals surface area contributed by atoms with E-state index in [1.165, 1.54) is 5.56 Å². The van der Waals surface area contributed by atoms with Crippen molar-refractivity contribution < 1.29 is 4.74 Å². The largest absolute Gasteiger partial charge is 0.493 e. The van der Waals surface area contributed by atoms with Gasteiger partial charge in [-0.15, -0.1) is 6.58 Å². The summed E-state index contributed by atoms with van der Waals surface area (Å²) in [6, 6.07) is 8.31. The van der Waals surface area contributed by atoms with Gasteiger partial charge in [0.05, 0.1) is 6.61 Å². The lowest BCUT2D eigenvalue weighted by Crippen LogP contribution is -2.21. The van der Waals surface area contributed by atoms with Gasteiger partial charge in [-0.05, 0) is 30.9 Å². The minimum atomic E-state index is 0.212. The minimum Gasteiger partial charge on any atom is -0.493 e. The average molecular weight is 219 g/mol. The van der Waals surface area contributed by atoms with Gasteiger partial charge in [0, 0.05) is 6.04 Å². The van der Waals surface area contributed by atoms with Crippen LogP contribution in [0.3, 0.4) is 0 Å². The summed E-state index contributed by atoms with van der Waals surface area (Å²) in [5.41, 5.74) is 7.15. The summed E-state index contributed by atoms with van der Waals surface area (Å²) in [7, 11) is 0. The molecule has 1 rings (SSSR count). The molecule has 88 valence electrons. The zero-order valence-electron chi connectivity index (χ0n) is 9.99. The molecule has 0 aliphatic rings. The van der Waals surface area contributed by atoms with E-state index in [1.807, 2.05) is 24.3 Å². The van der Waals surface area contributed by atoms with Gasteiger partial charge >= 0.3 is 0 Å². The third-order valence-electron chi connectivity index (χ3n) is 2.56. The lowest BCUT2D eigenvalue weighted by molar-refractivity contribution is 0.320. The topological polar surface area (TPSA) is 35.2 Å². The van der Waals surface area contributed by atoms with Crippen molar-refractivity contribution in [2.75, 3.05) is 6.61 Å². The Bertz CT molecular complexity index is 322. The maximum absolute atomic E-state index is 5.96. The zero-order valence-corrected chi connectivity index (χ0v) is 9.99. The Morgan fingerprint density at radius 2 is 2.19 bits per heavy atom.